The number of benzene rings is 3. The Kier molecular flexibility index (Phi) is 5.58. The first-order chi connectivity index (χ1) is 14.9. The second kappa shape index (κ2) is 8.33. The van der Waals surface area contributed by atoms with E-state index in [0.29, 0.717) is 5.69 Å². The van der Waals surface area contributed by atoms with E-state index in [9.17, 15) is 17.6 Å². The Morgan fingerprint density at radius 1 is 0.871 bits per heavy atom. The number of nitrogens with one attached hydrogen (secondary N) is 1. The van der Waals surface area contributed by atoms with Gasteiger partial charge >= 0.3 is 0 Å². The zero-order valence-electron chi connectivity index (χ0n) is 16.1. The van der Waals surface area contributed by atoms with E-state index in [0.717, 1.165) is 11.3 Å². The van der Waals surface area contributed by atoms with Crippen molar-refractivity contribution < 1.29 is 17.6 Å². The molecule has 0 saturated heterocycles. The van der Waals surface area contributed by atoms with Crippen LogP contribution in [0.25, 0.3) is 0 Å². The van der Waals surface area contributed by atoms with Crippen LogP contribution >= 0.6 is 11.3 Å². The molecule has 5 nitrogen and oxygen atoms in total. The zero-order chi connectivity index (χ0) is 22.0. The molecule has 0 atom stereocenters. The highest BCUT2D eigenvalue weighted by Gasteiger charge is 2.31. The van der Waals surface area contributed by atoms with Crippen molar-refractivity contribution in [3.8, 4) is 0 Å². The summed E-state index contributed by atoms with van der Waals surface area (Å²) in [6.45, 7) is 0. The molecule has 0 spiro atoms. The number of halogens is 1. The first-order valence-corrected chi connectivity index (χ1v) is 11.5. The van der Waals surface area contributed by atoms with Crippen LogP contribution in [-0.2, 0) is 9.84 Å². The van der Waals surface area contributed by atoms with Gasteiger partial charge in [-0.3, -0.25) is 4.79 Å². The minimum absolute atomic E-state index is 0.0661. The van der Waals surface area contributed by atoms with Crippen LogP contribution in [0.5, 0.6) is 0 Å². The van der Waals surface area contributed by atoms with Crippen LogP contribution in [0.3, 0.4) is 0 Å². The van der Waals surface area contributed by atoms with Crippen LogP contribution in [-0.4, -0.2) is 14.2 Å². The second-order valence-corrected chi connectivity index (χ2v) is 9.55. The maximum atomic E-state index is 13.4. The number of nitrogens with two attached hydrogens (primary N) is 1. The van der Waals surface area contributed by atoms with Crippen LogP contribution < -0.4 is 11.1 Å². The molecule has 0 aliphatic carbocycles. The van der Waals surface area contributed by atoms with Crippen molar-refractivity contribution in [1.82, 2.24) is 0 Å². The highest BCUT2D eigenvalue weighted by Crippen LogP contribution is 2.43. The minimum Gasteiger partial charge on any atom is -0.396 e. The molecule has 0 fully saturated rings. The number of sulfone groups is 1. The molecular formula is C23H17FN2O3S2. The van der Waals surface area contributed by atoms with Gasteiger partial charge in [0.1, 0.15) is 20.6 Å². The van der Waals surface area contributed by atoms with Crippen LogP contribution in [0.1, 0.15) is 15.2 Å². The molecule has 4 rings (SSSR count). The van der Waals surface area contributed by atoms with E-state index >= 15 is 0 Å². The largest absolute Gasteiger partial charge is 0.396 e. The molecule has 0 bridgehead atoms. The number of hydrogen-bond acceptors (Lipinski definition) is 6. The van der Waals surface area contributed by atoms with Crippen LogP contribution in [0.2, 0.25) is 0 Å². The first kappa shape index (κ1) is 20.8. The number of thiophene rings is 1. The smallest absolute Gasteiger partial charge is 0.211 e. The lowest BCUT2D eigenvalue weighted by Gasteiger charge is -2.09. The third-order valence-corrected chi connectivity index (χ3v) is 7.67. The van der Waals surface area contributed by atoms with Crippen LogP contribution in [0.15, 0.2) is 94.7 Å². The molecule has 0 aliphatic rings. The Morgan fingerprint density at radius 3 is 2.06 bits per heavy atom. The topological polar surface area (TPSA) is 89.3 Å². The van der Waals surface area contributed by atoms with Crippen molar-refractivity contribution in [3.05, 3.63) is 101 Å². The third kappa shape index (κ3) is 4.08. The monoisotopic (exact) mass is 452 g/mol. The van der Waals surface area contributed by atoms with Gasteiger partial charge in [-0.25, -0.2) is 12.8 Å². The molecule has 3 aromatic carbocycles. The predicted molar refractivity (Wildman–Crippen MR) is 120 cm³/mol. The number of ketones is 1. The average molecular weight is 453 g/mol. The van der Waals surface area contributed by atoms with E-state index in [1.807, 2.05) is 6.07 Å². The zero-order valence-corrected chi connectivity index (χ0v) is 17.7. The number of hydrogen-bond donors (Lipinski definition) is 2. The molecule has 0 radical (unpaired) electrons. The van der Waals surface area contributed by atoms with Crippen molar-refractivity contribution in [2.45, 2.75) is 9.79 Å². The van der Waals surface area contributed by atoms with E-state index in [-0.39, 0.29) is 30.9 Å². The summed E-state index contributed by atoms with van der Waals surface area (Å²) >= 11 is 0.951. The van der Waals surface area contributed by atoms with Gasteiger partial charge in [-0.05, 0) is 48.5 Å². The Hall–Kier alpha value is -3.49. The van der Waals surface area contributed by atoms with Crippen molar-refractivity contribution in [1.29, 1.82) is 0 Å². The maximum Gasteiger partial charge on any atom is 0.211 e. The highest BCUT2D eigenvalue weighted by atomic mass is 32.2. The molecule has 3 N–H and O–H groups in total. The molecule has 0 aliphatic heterocycles. The predicted octanol–water partition coefficient (Wildman–Crippen LogP) is 5.28. The Bertz CT molecular complexity index is 1340. The first-order valence-electron chi connectivity index (χ1n) is 9.22. The molecule has 156 valence electrons. The maximum absolute atomic E-state index is 13.4. The summed E-state index contributed by atoms with van der Waals surface area (Å²) < 4.78 is 40.1. The van der Waals surface area contributed by atoms with Crippen molar-refractivity contribution >= 4 is 43.3 Å². The number of para-hydroxylation sites is 1. The summed E-state index contributed by atoms with van der Waals surface area (Å²) in [7, 11) is -4.01. The Labute approximate surface area is 182 Å². The number of nitrogen functional groups attached to an aromatic ring is 1. The fourth-order valence-corrected chi connectivity index (χ4v) is 6.00. The number of carbonyl (C=O) groups excluding carboxylic acids is 1. The summed E-state index contributed by atoms with van der Waals surface area (Å²) in [4.78, 5) is 13.0. The molecular weight excluding hydrogens is 435 g/mol. The Balaban J connectivity index is 1.88. The van der Waals surface area contributed by atoms with Crippen molar-refractivity contribution in [2.75, 3.05) is 11.1 Å². The SMILES string of the molecule is Nc1c(C(=O)c2ccc(F)cc2)sc(Nc2ccccc2)c1S(=O)(=O)c1ccccc1. The van der Waals surface area contributed by atoms with Gasteiger partial charge in [0.2, 0.25) is 15.6 Å². The van der Waals surface area contributed by atoms with Crippen molar-refractivity contribution in [3.63, 3.8) is 0 Å². The van der Waals surface area contributed by atoms with Crippen LogP contribution in [0.4, 0.5) is 20.8 Å². The van der Waals surface area contributed by atoms with Gasteiger partial charge in [-0.2, -0.15) is 0 Å². The molecule has 1 aromatic heterocycles. The van der Waals surface area contributed by atoms with E-state index in [4.69, 9.17) is 5.73 Å². The average Bonchev–Trinajstić information content (AvgIpc) is 3.11. The van der Waals surface area contributed by atoms with E-state index in [1.54, 1.807) is 42.5 Å². The van der Waals surface area contributed by atoms with E-state index in [1.165, 1.54) is 36.4 Å². The molecule has 0 amide bonds. The molecule has 8 heteroatoms. The second-order valence-electron chi connectivity index (χ2n) is 6.65. The van der Waals surface area contributed by atoms with Crippen LogP contribution in [0, 0.1) is 5.82 Å². The van der Waals surface area contributed by atoms with Gasteiger partial charge in [0.05, 0.1) is 10.6 Å². The summed E-state index contributed by atoms with van der Waals surface area (Å²) in [5.74, 6) is -0.956. The van der Waals surface area contributed by atoms with Gasteiger partial charge in [-0.1, -0.05) is 36.4 Å². The molecule has 1 heterocycles. The van der Waals surface area contributed by atoms with Gasteiger partial charge in [0.15, 0.2) is 0 Å². The molecule has 31 heavy (non-hydrogen) atoms. The van der Waals surface area contributed by atoms with E-state index < -0.39 is 21.4 Å². The normalized spacial score (nSPS) is 11.3. The fourth-order valence-electron chi connectivity index (χ4n) is 3.05. The highest BCUT2D eigenvalue weighted by molar-refractivity contribution is 7.92. The summed E-state index contributed by atoms with van der Waals surface area (Å²) in [5, 5.41) is 3.31. The number of carbonyl (C=O) groups is 1. The summed E-state index contributed by atoms with van der Waals surface area (Å²) in [5.41, 5.74) is 6.97. The standard InChI is InChI=1S/C23H17FN2O3S2/c24-16-13-11-15(12-14-16)20(27)21-19(25)22(31(28,29)18-9-5-2-6-10-18)23(30-21)26-17-7-3-1-4-8-17/h1-14,26H,25H2. The lowest BCUT2D eigenvalue weighted by atomic mass is 10.1. The van der Waals surface area contributed by atoms with Gasteiger partial charge in [0, 0.05) is 11.3 Å². The Morgan fingerprint density at radius 2 is 1.45 bits per heavy atom. The lowest BCUT2D eigenvalue weighted by Crippen LogP contribution is -2.08. The van der Waals surface area contributed by atoms with Crippen molar-refractivity contribution in [2.24, 2.45) is 0 Å². The van der Waals surface area contributed by atoms with E-state index in [2.05, 4.69) is 5.32 Å². The lowest BCUT2D eigenvalue weighted by molar-refractivity contribution is 0.104. The van der Waals surface area contributed by atoms with Gasteiger partial charge in [0.25, 0.3) is 0 Å². The summed E-state index contributed by atoms with van der Waals surface area (Å²) in [6, 6.07) is 21.9. The van der Waals surface area contributed by atoms with Gasteiger partial charge in [-0.15, -0.1) is 11.3 Å². The molecule has 4 aromatic rings. The fraction of sp³-hybridized carbons (Fsp3) is 0. The molecule has 0 saturated carbocycles. The van der Waals surface area contributed by atoms with Gasteiger partial charge < -0.3 is 11.1 Å². The summed E-state index contributed by atoms with van der Waals surface area (Å²) in [6.07, 6.45) is 0. The quantitative estimate of drug-likeness (QED) is 0.389. The minimum atomic E-state index is -4.01. The number of anilines is 3. The third-order valence-electron chi connectivity index (χ3n) is 4.57. The number of rotatable bonds is 6. The molecule has 0 unspecified atom stereocenters.